The molecule has 0 saturated carbocycles. The fraction of sp³-hybridized carbons (Fsp3) is 0.385. The molecule has 0 aliphatic carbocycles. The SMILES string of the molecule is CN(CC#Cc1ccccc1)C1CNC1. The Balaban J connectivity index is 1.84. The first-order valence-corrected chi connectivity index (χ1v) is 5.31. The minimum absolute atomic E-state index is 0.676. The highest BCUT2D eigenvalue weighted by Gasteiger charge is 2.19. The third kappa shape index (κ3) is 2.82. The van der Waals surface area contributed by atoms with Crippen molar-refractivity contribution in [2.75, 3.05) is 26.7 Å². The Morgan fingerprint density at radius 1 is 1.33 bits per heavy atom. The van der Waals surface area contributed by atoms with E-state index in [2.05, 4.69) is 29.1 Å². The second-order valence-electron chi connectivity index (χ2n) is 3.89. The van der Waals surface area contributed by atoms with E-state index >= 15 is 0 Å². The fourth-order valence-electron chi connectivity index (χ4n) is 1.50. The molecular weight excluding hydrogens is 184 g/mol. The predicted molar refractivity (Wildman–Crippen MR) is 62.6 cm³/mol. The van der Waals surface area contributed by atoms with Gasteiger partial charge in [0, 0.05) is 24.7 Å². The van der Waals surface area contributed by atoms with Crippen molar-refractivity contribution in [1.82, 2.24) is 10.2 Å². The van der Waals surface area contributed by atoms with Crippen LogP contribution in [0.25, 0.3) is 0 Å². The van der Waals surface area contributed by atoms with Crippen molar-refractivity contribution < 1.29 is 0 Å². The van der Waals surface area contributed by atoms with Crippen molar-refractivity contribution in [3.05, 3.63) is 35.9 Å². The number of hydrogen-bond donors (Lipinski definition) is 1. The maximum atomic E-state index is 3.26. The molecule has 0 radical (unpaired) electrons. The van der Waals surface area contributed by atoms with Crippen LogP contribution in [0, 0.1) is 11.8 Å². The highest BCUT2D eigenvalue weighted by molar-refractivity contribution is 5.33. The molecule has 15 heavy (non-hydrogen) atoms. The van der Waals surface area contributed by atoms with Crippen LogP contribution >= 0.6 is 0 Å². The summed E-state index contributed by atoms with van der Waals surface area (Å²) in [4.78, 5) is 2.30. The summed E-state index contributed by atoms with van der Waals surface area (Å²) < 4.78 is 0. The molecule has 0 amide bonds. The quantitative estimate of drug-likeness (QED) is 0.715. The Morgan fingerprint density at radius 2 is 2.07 bits per heavy atom. The van der Waals surface area contributed by atoms with Gasteiger partial charge in [-0.05, 0) is 19.2 Å². The smallest absolute Gasteiger partial charge is 0.0606 e. The van der Waals surface area contributed by atoms with Gasteiger partial charge in [0.2, 0.25) is 0 Å². The number of benzene rings is 1. The summed E-state index contributed by atoms with van der Waals surface area (Å²) in [5.74, 6) is 6.37. The van der Waals surface area contributed by atoms with E-state index in [0.29, 0.717) is 6.04 Å². The molecule has 1 N–H and O–H groups in total. The second kappa shape index (κ2) is 4.97. The van der Waals surface area contributed by atoms with Gasteiger partial charge in [0.25, 0.3) is 0 Å². The zero-order valence-electron chi connectivity index (χ0n) is 9.03. The molecule has 78 valence electrons. The van der Waals surface area contributed by atoms with E-state index in [9.17, 15) is 0 Å². The van der Waals surface area contributed by atoms with Gasteiger partial charge in [-0.1, -0.05) is 30.0 Å². The van der Waals surface area contributed by atoms with Crippen LogP contribution in [-0.2, 0) is 0 Å². The normalized spacial score (nSPS) is 15.6. The molecule has 2 heteroatoms. The molecule has 0 atom stereocenters. The Labute approximate surface area is 91.3 Å². The molecule has 0 spiro atoms. The van der Waals surface area contributed by atoms with E-state index in [1.807, 2.05) is 30.3 Å². The molecule has 0 bridgehead atoms. The monoisotopic (exact) mass is 200 g/mol. The summed E-state index contributed by atoms with van der Waals surface area (Å²) >= 11 is 0. The zero-order valence-corrected chi connectivity index (χ0v) is 9.03. The molecule has 0 aromatic heterocycles. The van der Waals surface area contributed by atoms with Gasteiger partial charge in [0.15, 0.2) is 0 Å². The lowest BCUT2D eigenvalue weighted by Gasteiger charge is -2.34. The lowest BCUT2D eigenvalue weighted by Crippen LogP contribution is -2.55. The van der Waals surface area contributed by atoms with E-state index in [4.69, 9.17) is 0 Å². The largest absolute Gasteiger partial charge is 0.314 e. The van der Waals surface area contributed by atoms with Crippen LogP contribution < -0.4 is 5.32 Å². The van der Waals surface area contributed by atoms with Gasteiger partial charge in [-0.2, -0.15) is 0 Å². The van der Waals surface area contributed by atoms with E-state index < -0.39 is 0 Å². The number of nitrogens with one attached hydrogen (secondary N) is 1. The molecule has 1 aliphatic heterocycles. The standard InChI is InChI=1S/C13H16N2/c1-15(13-10-14-11-13)9-5-8-12-6-3-2-4-7-12/h2-4,6-7,13-14H,9-11H2,1H3. The van der Waals surface area contributed by atoms with Crippen molar-refractivity contribution in [2.45, 2.75) is 6.04 Å². The minimum atomic E-state index is 0.676. The van der Waals surface area contributed by atoms with Crippen LogP contribution in [0.3, 0.4) is 0 Å². The summed E-state index contributed by atoms with van der Waals surface area (Å²) in [6.07, 6.45) is 0. The maximum absolute atomic E-state index is 3.26. The van der Waals surface area contributed by atoms with E-state index in [1.165, 1.54) is 0 Å². The Morgan fingerprint density at radius 3 is 2.67 bits per heavy atom. The van der Waals surface area contributed by atoms with Crippen molar-refractivity contribution in [2.24, 2.45) is 0 Å². The van der Waals surface area contributed by atoms with Crippen LogP contribution in [0.15, 0.2) is 30.3 Å². The van der Waals surface area contributed by atoms with Crippen LogP contribution in [0.5, 0.6) is 0 Å². The molecule has 1 fully saturated rings. The average Bonchev–Trinajstić information content (AvgIpc) is 2.16. The Hall–Kier alpha value is -1.30. The summed E-state index contributed by atoms with van der Waals surface area (Å²) in [5, 5.41) is 3.26. The molecule has 1 aliphatic rings. The van der Waals surface area contributed by atoms with Crippen LogP contribution in [0.2, 0.25) is 0 Å². The van der Waals surface area contributed by atoms with Crippen molar-refractivity contribution in [3.63, 3.8) is 0 Å². The molecule has 2 nitrogen and oxygen atoms in total. The summed E-state index contributed by atoms with van der Waals surface area (Å²) in [5.41, 5.74) is 1.10. The van der Waals surface area contributed by atoms with E-state index in [0.717, 1.165) is 25.2 Å². The van der Waals surface area contributed by atoms with Crippen molar-refractivity contribution >= 4 is 0 Å². The summed E-state index contributed by atoms with van der Waals surface area (Å²) in [6, 6.07) is 10.8. The first kappa shape index (κ1) is 10.2. The first-order chi connectivity index (χ1) is 7.36. The third-order valence-corrected chi connectivity index (χ3v) is 2.72. The molecule has 1 aromatic carbocycles. The molecule has 2 rings (SSSR count). The van der Waals surface area contributed by atoms with E-state index in [-0.39, 0.29) is 0 Å². The topological polar surface area (TPSA) is 15.3 Å². The Bertz CT molecular complexity index is 357. The van der Waals surface area contributed by atoms with Crippen LogP contribution in [0.1, 0.15) is 5.56 Å². The minimum Gasteiger partial charge on any atom is -0.314 e. The van der Waals surface area contributed by atoms with E-state index in [1.54, 1.807) is 0 Å². The van der Waals surface area contributed by atoms with Gasteiger partial charge < -0.3 is 5.32 Å². The first-order valence-electron chi connectivity index (χ1n) is 5.31. The van der Waals surface area contributed by atoms with Gasteiger partial charge in [-0.15, -0.1) is 0 Å². The fourth-order valence-corrected chi connectivity index (χ4v) is 1.50. The van der Waals surface area contributed by atoms with Crippen molar-refractivity contribution in [1.29, 1.82) is 0 Å². The lowest BCUT2D eigenvalue weighted by molar-refractivity contribution is 0.200. The number of hydrogen-bond acceptors (Lipinski definition) is 2. The van der Waals surface area contributed by atoms with Gasteiger partial charge >= 0.3 is 0 Å². The maximum Gasteiger partial charge on any atom is 0.0606 e. The van der Waals surface area contributed by atoms with Gasteiger partial charge in [-0.25, -0.2) is 0 Å². The van der Waals surface area contributed by atoms with Crippen LogP contribution in [0.4, 0.5) is 0 Å². The molecular formula is C13H16N2. The highest BCUT2D eigenvalue weighted by atomic mass is 15.2. The lowest BCUT2D eigenvalue weighted by atomic mass is 10.1. The average molecular weight is 200 g/mol. The molecule has 1 aromatic rings. The van der Waals surface area contributed by atoms with Crippen LogP contribution in [-0.4, -0.2) is 37.6 Å². The Kier molecular flexibility index (Phi) is 3.39. The highest BCUT2D eigenvalue weighted by Crippen LogP contribution is 2.00. The predicted octanol–water partition coefficient (Wildman–Crippen LogP) is 0.942. The number of nitrogens with zero attached hydrogens (tertiary/aromatic N) is 1. The third-order valence-electron chi connectivity index (χ3n) is 2.72. The molecule has 1 heterocycles. The molecule has 1 saturated heterocycles. The summed E-state index contributed by atoms with van der Waals surface area (Å²) in [7, 11) is 2.13. The number of likely N-dealkylation sites (N-methyl/N-ethyl adjacent to an activating group) is 1. The van der Waals surface area contributed by atoms with Gasteiger partial charge in [-0.3, -0.25) is 4.90 Å². The second-order valence-corrected chi connectivity index (χ2v) is 3.89. The molecule has 0 unspecified atom stereocenters. The summed E-state index contributed by atoms with van der Waals surface area (Å²) in [6.45, 7) is 3.05. The number of rotatable bonds is 2. The van der Waals surface area contributed by atoms with Crippen molar-refractivity contribution in [3.8, 4) is 11.8 Å². The van der Waals surface area contributed by atoms with Gasteiger partial charge in [0.05, 0.1) is 6.54 Å². The van der Waals surface area contributed by atoms with Gasteiger partial charge in [0.1, 0.15) is 0 Å². The zero-order chi connectivity index (χ0) is 10.5.